The van der Waals surface area contributed by atoms with Crippen LogP contribution < -0.4 is 5.32 Å². The molecular formula is C10H17N3. The van der Waals surface area contributed by atoms with Crippen molar-refractivity contribution in [1.29, 1.82) is 0 Å². The maximum absolute atomic E-state index is 4.53. The van der Waals surface area contributed by atoms with Gasteiger partial charge in [-0.25, -0.2) is 0 Å². The first kappa shape index (κ1) is 8.60. The normalized spacial score (nSPS) is 14.8. The number of rotatable bonds is 2. The zero-order valence-corrected chi connectivity index (χ0v) is 8.59. The Balaban J connectivity index is 2.31. The molecule has 1 aromatic rings. The Morgan fingerprint density at radius 2 is 2.31 bits per heavy atom. The molecular weight excluding hydrogens is 162 g/mol. The number of nitrogens with zero attached hydrogens (tertiary/aromatic N) is 2. The molecule has 1 aromatic heterocycles. The van der Waals surface area contributed by atoms with Gasteiger partial charge in [-0.2, -0.15) is 5.10 Å². The van der Waals surface area contributed by atoms with Gasteiger partial charge in [0.2, 0.25) is 0 Å². The van der Waals surface area contributed by atoms with Crippen LogP contribution in [0, 0.1) is 5.92 Å². The molecule has 1 aliphatic rings. The number of hydrogen-bond donors (Lipinski definition) is 1. The molecule has 0 radical (unpaired) electrons. The van der Waals surface area contributed by atoms with Crippen molar-refractivity contribution < 1.29 is 0 Å². The molecule has 2 rings (SSSR count). The van der Waals surface area contributed by atoms with Crippen molar-refractivity contribution in [3.05, 3.63) is 11.3 Å². The summed E-state index contributed by atoms with van der Waals surface area (Å²) in [6, 6.07) is 0. The molecule has 3 nitrogen and oxygen atoms in total. The van der Waals surface area contributed by atoms with Crippen molar-refractivity contribution in [2.75, 3.05) is 11.9 Å². The third-order valence-electron chi connectivity index (χ3n) is 2.50. The molecule has 0 aliphatic carbocycles. The Kier molecular flexibility index (Phi) is 2.02. The van der Waals surface area contributed by atoms with E-state index in [4.69, 9.17) is 0 Å². The smallest absolute Gasteiger partial charge is 0.127 e. The van der Waals surface area contributed by atoms with Crippen LogP contribution in [0.5, 0.6) is 0 Å². The molecule has 0 saturated carbocycles. The molecule has 0 saturated heterocycles. The Bertz CT molecular complexity index is 312. The first-order valence-electron chi connectivity index (χ1n) is 4.97. The number of hydrogen-bond acceptors (Lipinski definition) is 2. The van der Waals surface area contributed by atoms with Crippen LogP contribution in [-0.4, -0.2) is 16.3 Å². The Morgan fingerprint density at radius 3 is 3.00 bits per heavy atom. The molecule has 3 heteroatoms. The van der Waals surface area contributed by atoms with Gasteiger partial charge < -0.3 is 5.32 Å². The van der Waals surface area contributed by atoms with E-state index in [1.54, 1.807) is 0 Å². The zero-order valence-electron chi connectivity index (χ0n) is 8.59. The number of anilines is 1. The van der Waals surface area contributed by atoms with Crippen LogP contribution in [0.15, 0.2) is 0 Å². The Morgan fingerprint density at radius 1 is 1.54 bits per heavy atom. The van der Waals surface area contributed by atoms with Gasteiger partial charge in [0.15, 0.2) is 0 Å². The molecule has 1 aliphatic heterocycles. The van der Waals surface area contributed by atoms with Crippen molar-refractivity contribution >= 4 is 5.82 Å². The average Bonchev–Trinajstić information content (AvgIpc) is 2.56. The van der Waals surface area contributed by atoms with E-state index >= 15 is 0 Å². The van der Waals surface area contributed by atoms with Gasteiger partial charge >= 0.3 is 0 Å². The highest BCUT2D eigenvalue weighted by molar-refractivity contribution is 5.52. The van der Waals surface area contributed by atoms with Crippen LogP contribution in [0.4, 0.5) is 5.82 Å². The largest absolute Gasteiger partial charge is 0.370 e. The fraction of sp³-hybridized carbons (Fsp3) is 0.700. The van der Waals surface area contributed by atoms with Gasteiger partial charge in [0.25, 0.3) is 0 Å². The lowest BCUT2D eigenvalue weighted by Crippen LogP contribution is -2.03. The van der Waals surface area contributed by atoms with Crippen LogP contribution in [0.25, 0.3) is 0 Å². The molecule has 0 aromatic carbocycles. The van der Waals surface area contributed by atoms with E-state index in [0.29, 0.717) is 5.92 Å². The van der Waals surface area contributed by atoms with Crippen molar-refractivity contribution in [3.63, 3.8) is 0 Å². The standard InChI is InChI=1S/C10H17N3/c1-7(2)6-9-8-4-5-11-10(8)13(3)12-9/h7,11H,4-6H2,1-3H3. The second kappa shape index (κ2) is 3.05. The maximum Gasteiger partial charge on any atom is 0.127 e. The fourth-order valence-corrected chi connectivity index (χ4v) is 1.96. The van der Waals surface area contributed by atoms with E-state index in [2.05, 4.69) is 24.3 Å². The number of nitrogens with one attached hydrogen (secondary N) is 1. The molecule has 0 amide bonds. The highest BCUT2D eigenvalue weighted by Crippen LogP contribution is 2.26. The fourth-order valence-electron chi connectivity index (χ4n) is 1.96. The van der Waals surface area contributed by atoms with Crippen molar-refractivity contribution in [2.45, 2.75) is 26.7 Å². The monoisotopic (exact) mass is 179 g/mol. The molecule has 13 heavy (non-hydrogen) atoms. The summed E-state index contributed by atoms with van der Waals surface area (Å²) < 4.78 is 1.97. The Labute approximate surface area is 79.1 Å². The predicted molar refractivity (Wildman–Crippen MR) is 53.9 cm³/mol. The van der Waals surface area contributed by atoms with E-state index in [1.165, 1.54) is 17.1 Å². The van der Waals surface area contributed by atoms with E-state index in [9.17, 15) is 0 Å². The van der Waals surface area contributed by atoms with Gasteiger partial charge in [-0.3, -0.25) is 4.68 Å². The lowest BCUT2D eigenvalue weighted by Gasteiger charge is -2.01. The van der Waals surface area contributed by atoms with E-state index in [1.807, 2.05) is 11.7 Å². The van der Waals surface area contributed by atoms with E-state index in [-0.39, 0.29) is 0 Å². The third kappa shape index (κ3) is 1.43. The molecule has 1 N–H and O–H groups in total. The van der Waals surface area contributed by atoms with Gasteiger partial charge in [-0.05, 0) is 18.8 Å². The molecule has 0 bridgehead atoms. The van der Waals surface area contributed by atoms with Gasteiger partial charge in [0, 0.05) is 19.2 Å². The van der Waals surface area contributed by atoms with Crippen LogP contribution >= 0.6 is 0 Å². The minimum absolute atomic E-state index is 0.694. The molecule has 0 fully saturated rings. The quantitative estimate of drug-likeness (QED) is 0.747. The second-order valence-corrected chi connectivity index (χ2v) is 4.17. The number of aromatic nitrogens is 2. The number of fused-ring (bicyclic) bond motifs is 1. The highest BCUT2D eigenvalue weighted by atomic mass is 15.3. The molecule has 0 atom stereocenters. The first-order chi connectivity index (χ1) is 6.18. The number of aryl methyl sites for hydroxylation is 1. The summed E-state index contributed by atoms with van der Waals surface area (Å²) in [6.07, 6.45) is 2.25. The third-order valence-corrected chi connectivity index (χ3v) is 2.50. The van der Waals surface area contributed by atoms with E-state index < -0.39 is 0 Å². The molecule has 72 valence electrons. The van der Waals surface area contributed by atoms with Crippen LogP contribution in [0.3, 0.4) is 0 Å². The van der Waals surface area contributed by atoms with E-state index in [0.717, 1.165) is 19.4 Å². The SMILES string of the molecule is CC(C)Cc1nn(C)c2c1CCN2. The predicted octanol–water partition coefficient (Wildman–Crippen LogP) is 1.59. The minimum atomic E-state index is 0.694. The van der Waals surface area contributed by atoms with Crippen molar-refractivity contribution in [1.82, 2.24) is 9.78 Å². The summed E-state index contributed by atoms with van der Waals surface area (Å²) in [5.74, 6) is 1.93. The minimum Gasteiger partial charge on any atom is -0.370 e. The molecule has 0 spiro atoms. The van der Waals surface area contributed by atoms with Gasteiger partial charge in [-0.15, -0.1) is 0 Å². The van der Waals surface area contributed by atoms with Crippen molar-refractivity contribution in [3.8, 4) is 0 Å². The first-order valence-corrected chi connectivity index (χ1v) is 4.97. The summed E-state index contributed by atoms with van der Waals surface area (Å²) in [4.78, 5) is 0. The summed E-state index contributed by atoms with van der Waals surface area (Å²) in [6.45, 7) is 5.55. The maximum atomic E-state index is 4.53. The van der Waals surface area contributed by atoms with Gasteiger partial charge in [0.05, 0.1) is 5.69 Å². The Hall–Kier alpha value is -0.990. The van der Waals surface area contributed by atoms with Crippen LogP contribution in [-0.2, 0) is 19.9 Å². The average molecular weight is 179 g/mol. The molecule has 2 heterocycles. The summed E-state index contributed by atoms with van der Waals surface area (Å²) in [5.41, 5.74) is 2.73. The second-order valence-electron chi connectivity index (χ2n) is 4.17. The zero-order chi connectivity index (χ0) is 9.42. The highest BCUT2D eigenvalue weighted by Gasteiger charge is 2.20. The lowest BCUT2D eigenvalue weighted by atomic mass is 10.0. The molecule has 0 unspecified atom stereocenters. The topological polar surface area (TPSA) is 29.9 Å². The van der Waals surface area contributed by atoms with Gasteiger partial charge in [-0.1, -0.05) is 13.8 Å². The van der Waals surface area contributed by atoms with Crippen LogP contribution in [0.1, 0.15) is 25.1 Å². The summed E-state index contributed by atoms with van der Waals surface area (Å²) >= 11 is 0. The lowest BCUT2D eigenvalue weighted by molar-refractivity contribution is 0.616. The summed E-state index contributed by atoms with van der Waals surface area (Å²) in [5, 5.41) is 7.89. The van der Waals surface area contributed by atoms with Gasteiger partial charge in [0.1, 0.15) is 5.82 Å². The summed E-state index contributed by atoms with van der Waals surface area (Å²) in [7, 11) is 2.01. The van der Waals surface area contributed by atoms with Crippen LogP contribution in [0.2, 0.25) is 0 Å². The van der Waals surface area contributed by atoms with Crippen molar-refractivity contribution in [2.24, 2.45) is 13.0 Å².